The molecule has 0 unspecified atom stereocenters. The fourth-order valence-corrected chi connectivity index (χ4v) is 2.81. The molecular formula is C17H20N2O5S. The lowest BCUT2D eigenvalue weighted by atomic mass is 10.1. The molecule has 0 radical (unpaired) electrons. The van der Waals surface area contributed by atoms with Gasteiger partial charge in [-0.25, -0.2) is 4.98 Å². The van der Waals surface area contributed by atoms with Crippen molar-refractivity contribution < 1.29 is 23.8 Å². The van der Waals surface area contributed by atoms with Crippen molar-refractivity contribution in [3.05, 3.63) is 39.8 Å². The van der Waals surface area contributed by atoms with Crippen LogP contribution in [-0.2, 0) is 16.1 Å². The molecule has 7 nitrogen and oxygen atoms in total. The molecule has 0 N–H and O–H groups in total. The van der Waals surface area contributed by atoms with Crippen LogP contribution in [0.3, 0.4) is 0 Å². The van der Waals surface area contributed by atoms with E-state index in [1.54, 1.807) is 37.8 Å². The molecule has 0 saturated carbocycles. The molecule has 1 aromatic heterocycles. The van der Waals surface area contributed by atoms with Gasteiger partial charge in [0.2, 0.25) is 0 Å². The first-order valence-electron chi connectivity index (χ1n) is 7.47. The molecular weight excluding hydrogens is 344 g/mol. The van der Waals surface area contributed by atoms with Gasteiger partial charge in [-0.15, -0.1) is 11.3 Å². The lowest BCUT2D eigenvalue weighted by Gasteiger charge is -2.21. The first kappa shape index (κ1) is 18.7. The van der Waals surface area contributed by atoms with Crippen molar-refractivity contribution >= 4 is 23.2 Å². The van der Waals surface area contributed by atoms with E-state index in [-0.39, 0.29) is 19.0 Å². The topological polar surface area (TPSA) is 78.0 Å². The van der Waals surface area contributed by atoms with Crippen LogP contribution in [0.15, 0.2) is 23.6 Å². The summed E-state index contributed by atoms with van der Waals surface area (Å²) in [5.74, 6) is 0.361. The molecule has 0 atom stereocenters. The van der Waals surface area contributed by atoms with E-state index in [0.717, 1.165) is 10.6 Å². The number of benzene rings is 1. The molecule has 0 fully saturated rings. The normalized spacial score (nSPS) is 10.2. The lowest BCUT2D eigenvalue weighted by molar-refractivity contribution is -0.141. The molecule has 0 aliphatic carbocycles. The Morgan fingerprint density at radius 2 is 1.76 bits per heavy atom. The third-order valence-corrected chi connectivity index (χ3v) is 4.23. The highest BCUT2D eigenvalue weighted by atomic mass is 32.1. The fourth-order valence-electron chi connectivity index (χ4n) is 2.22. The largest absolute Gasteiger partial charge is 0.497 e. The van der Waals surface area contributed by atoms with E-state index in [4.69, 9.17) is 14.2 Å². The molecule has 2 rings (SSSR count). The van der Waals surface area contributed by atoms with Crippen molar-refractivity contribution in [1.82, 2.24) is 9.88 Å². The van der Waals surface area contributed by atoms with Crippen LogP contribution >= 0.6 is 11.3 Å². The highest BCUT2D eigenvalue weighted by molar-refractivity contribution is 7.09. The molecule has 0 spiro atoms. The number of esters is 1. The third kappa shape index (κ3) is 4.93. The summed E-state index contributed by atoms with van der Waals surface area (Å²) in [5, 5.41) is 2.46. The lowest BCUT2D eigenvalue weighted by Crippen LogP contribution is -2.36. The molecule has 134 valence electrons. The minimum Gasteiger partial charge on any atom is -0.497 e. The number of methoxy groups -OCH3 is 3. The number of carbonyl (C=O) groups excluding carboxylic acids is 2. The number of aromatic nitrogens is 1. The maximum absolute atomic E-state index is 12.7. The minimum atomic E-state index is -0.504. The summed E-state index contributed by atoms with van der Waals surface area (Å²) in [5.41, 5.74) is 1.07. The Morgan fingerprint density at radius 1 is 1.12 bits per heavy atom. The van der Waals surface area contributed by atoms with E-state index in [0.29, 0.717) is 17.2 Å². The Labute approximate surface area is 150 Å². The molecule has 0 aliphatic heterocycles. The average Bonchev–Trinajstić information content (AvgIpc) is 3.06. The monoisotopic (exact) mass is 364 g/mol. The third-order valence-electron chi connectivity index (χ3n) is 3.46. The number of aryl methyl sites for hydroxylation is 1. The Morgan fingerprint density at radius 3 is 2.24 bits per heavy atom. The Kier molecular flexibility index (Phi) is 6.35. The molecule has 0 saturated heterocycles. The van der Waals surface area contributed by atoms with Crippen molar-refractivity contribution in [3.8, 4) is 11.5 Å². The van der Waals surface area contributed by atoms with Gasteiger partial charge in [-0.05, 0) is 24.6 Å². The van der Waals surface area contributed by atoms with Gasteiger partial charge in [-0.3, -0.25) is 9.59 Å². The summed E-state index contributed by atoms with van der Waals surface area (Å²) >= 11 is 1.38. The minimum absolute atomic E-state index is 0.175. The van der Waals surface area contributed by atoms with Crippen molar-refractivity contribution in [2.75, 3.05) is 27.9 Å². The summed E-state index contributed by atoms with van der Waals surface area (Å²) in [6.45, 7) is 1.84. The summed E-state index contributed by atoms with van der Waals surface area (Å²) in [4.78, 5) is 30.0. The van der Waals surface area contributed by atoms with Gasteiger partial charge in [0.15, 0.2) is 0 Å². The predicted octanol–water partition coefficient (Wildman–Crippen LogP) is 2.28. The van der Waals surface area contributed by atoms with Crippen LogP contribution < -0.4 is 9.47 Å². The molecule has 0 aliphatic rings. The van der Waals surface area contributed by atoms with Gasteiger partial charge in [0.05, 0.1) is 26.3 Å². The molecule has 1 aromatic carbocycles. The smallest absolute Gasteiger partial charge is 0.325 e. The van der Waals surface area contributed by atoms with Gasteiger partial charge in [0, 0.05) is 18.0 Å². The summed E-state index contributed by atoms with van der Waals surface area (Å²) in [6.07, 6.45) is 0. The number of amides is 1. The summed E-state index contributed by atoms with van der Waals surface area (Å²) in [6, 6.07) is 5.30. The molecule has 25 heavy (non-hydrogen) atoms. The molecule has 0 bridgehead atoms. The second-order valence-corrected chi connectivity index (χ2v) is 6.27. The zero-order chi connectivity index (χ0) is 18.4. The first-order chi connectivity index (χ1) is 12.0. The van der Waals surface area contributed by atoms with E-state index in [2.05, 4.69) is 4.98 Å². The number of hydrogen-bond donors (Lipinski definition) is 0. The molecule has 2 aromatic rings. The number of hydrogen-bond acceptors (Lipinski definition) is 7. The van der Waals surface area contributed by atoms with Crippen LogP contribution in [0.1, 0.15) is 21.1 Å². The van der Waals surface area contributed by atoms with Gasteiger partial charge in [0.25, 0.3) is 5.91 Å². The van der Waals surface area contributed by atoms with Crippen molar-refractivity contribution in [1.29, 1.82) is 0 Å². The van der Waals surface area contributed by atoms with E-state index >= 15 is 0 Å². The maximum atomic E-state index is 12.7. The summed E-state index contributed by atoms with van der Waals surface area (Å²) in [7, 11) is 4.38. The quantitative estimate of drug-likeness (QED) is 0.702. The first-order valence-corrected chi connectivity index (χ1v) is 8.35. The number of ether oxygens (including phenoxy) is 3. The van der Waals surface area contributed by atoms with Gasteiger partial charge in [-0.2, -0.15) is 0 Å². The van der Waals surface area contributed by atoms with Crippen LogP contribution in [0.5, 0.6) is 11.5 Å². The average molecular weight is 364 g/mol. The highest BCUT2D eigenvalue weighted by Crippen LogP contribution is 2.24. The maximum Gasteiger partial charge on any atom is 0.325 e. The predicted molar refractivity (Wildman–Crippen MR) is 93.2 cm³/mol. The van der Waals surface area contributed by atoms with Crippen LogP contribution in [0.2, 0.25) is 0 Å². The number of rotatable bonds is 7. The van der Waals surface area contributed by atoms with Crippen molar-refractivity contribution in [3.63, 3.8) is 0 Å². The van der Waals surface area contributed by atoms with Crippen molar-refractivity contribution in [2.45, 2.75) is 13.5 Å². The van der Waals surface area contributed by atoms with Crippen LogP contribution in [0.4, 0.5) is 0 Å². The van der Waals surface area contributed by atoms with Gasteiger partial charge in [-0.1, -0.05) is 0 Å². The summed E-state index contributed by atoms with van der Waals surface area (Å²) < 4.78 is 15.2. The van der Waals surface area contributed by atoms with Gasteiger partial charge < -0.3 is 19.1 Å². The van der Waals surface area contributed by atoms with Gasteiger partial charge in [0.1, 0.15) is 23.7 Å². The Bertz CT molecular complexity index is 737. The number of nitrogens with zero attached hydrogens (tertiary/aromatic N) is 2. The zero-order valence-electron chi connectivity index (χ0n) is 14.6. The second kappa shape index (κ2) is 8.48. The van der Waals surface area contributed by atoms with E-state index in [1.807, 2.05) is 6.92 Å². The van der Waals surface area contributed by atoms with E-state index < -0.39 is 5.97 Å². The number of carbonyl (C=O) groups is 2. The molecule has 1 amide bonds. The van der Waals surface area contributed by atoms with Gasteiger partial charge >= 0.3 is 5.97 Å². The molecule has 1 heterocycles. The Balaban J connectivity index is 2.29. The molecule has 8 heteroatoms. The Hall–Kier alpha value is -2.61. The van der Waals surface area contributed by atoms with Crippen molar-refractivity contribution in [2.24, 2.45) is 0 Å². The van der Waals surface area contributed by atoms with Crippen LogP contribution in [0, 0.1) is 6.92 Å². The standard InChI is InChI=1S/C17H20N2O5S/c1-11-18-15(10-25-11)17(21)19(9-16(20)24-4)8-12-5-13(22-2)7-14(6-12)23-3/h5-7,10H,8-9H2,1-4H3. The fraction of sp³-hybridized carbons (Fsp3) is 0.353. The SMILES string of the molecule is COC(=O)CN(Cc1cc(OC)cc(OC)c1)C(=O)c1csc(C)n1. The second-order valence-electron chi connectivity index (χ2n) is 5.21. The number of thiazole rings is 1. The highest BCUT2D eigenvalue weighted by Gasteiger charge is 2.22. The zero-order valence-corrected chi connectivity index (χ0v) is 15.4. The van der Waals surface area contributed by atoms with E-state index in [9.17, 15) is 9.59 Å². The van der Waals surface area contributed by atoms with Crippen LogP contribution in [0.25, 0.3) is 0 Å². The van der Waals surface area contributed by atoms with Crippen LogP contribution in [-0.4, -0.2) is 49.6 Å². The van der Waals surface area contributed by atoms with E-state index in [1.165, 1.54) is 23.3 Å².